The van der Waals surface area contributed by atoms with Crippen LogP contribution in [-0.2, 0) is 16.4 Å². The highest BCUT2D eigenvalue weighted by Crippen LogP contribution is 2.39. The molecule has 1 atom stereocenters. The maximum atomic E-state index is 12.9. The molecule has 0 amide bonds. The van der Waals surface area contributed by atoms with Crippen molar-refractivity contribution in [1.82, 2.24) is 30.9 Å². The molecule has 2 aliphatic rings. The van der Waals surface area contributed by atoms with Crippen LogP contribution in [-0.4, -0.2) is 53.2 Å². The molecule has 10 nitrogen and oxygen atoms in total. The molecule has 0 bridgehead atoms. The molecule has 0 spiro atoms. The molecule has 1 unspecified atom stereocenters. The summed E-state index contributed by atoms with van der Waals surface area (Å²) >= 11 is 0. The van der Waals surface area contributed by atoms with Crippen LogP contribution < -0.4 is 16.2 Å². The lowest BCUT2D eigenvalue weighted by atomic mass is 9.82. The van der Waals surface area contributed by atoms with E-state index in [-0.39, 0.29) is 16.8 Å². The number of primary sulfonamides is 1. The molecular formula is C23H30N8O2S. The van der Waals surface area contributed by atoms with Gasteiger partial charge in [0.15, 0.2) is 5.82 Å². The lowest BCUT2D eigenvalue weighted by Gasteiger charge is -2.27. The minimum Gasteiger partial charge on any atom is -0.328 e. The Balaban J connectivity index is 1.59. The van der Waals surface area contributed by atoms with Crippen LogP contribution in [0.2, 0.25) is 0 Å². The van der Waals surface area contributed by atoms with E-state index in [0.717, 1.165) is 56.5 Å². The van der Waals surface area contributed by atoms with Gasteiger partial charge in [-0.3, -0.25) is 4.98 Å². The maximum absolute atomic E-state index is 12.9. The molecule has 0 radical (unpaired) electrons. The first-order chi connectivity index (χ1) is 16.4. The van der Waals surface area contributed by atoms with Gasteiger partial charge in [0.2, 0.25) is 10.0 Å². The molecule has 3 aromatic rings. The molecule has 3 heterocycles. The fourth-order valence-electron chi connectivity index (χ4n) is 5.27. The summed E-state index contributed by atoms with van der Waals surface area (Å²) in [5.41, 5.74) is 9.59. The lowest BCUT2D eigenvalue weighted by molar-refractivity contribution is 0.323. The van der Waals surface area contributed by atoms with Crippen LogP contribution in [0.3, 0.4) is 0 Å². The molecular weight excluding hydrogens is 452 g/mol. The van der Waals surface area contributed by atoms with Gasteiger partial charge in [-0.15, -0.1) is 5.10 Å². The minimum absolute atomic E-state index is 0.0718. The van der Waals surface area contributed by atoms with Gasteiger partial charge in [0.05, 0.1) is 4.90 Å². The monoisotopic (exact) mass is 482 g/mol. The largest absolute Gasteiger partial charge is 0.328 e. The molecule has 1 saturated heterocycles. The van der Waals surface area contributed by atoms with Gasteiger partial charge in [-0.05, 0) is 78.6 Å². The summed E-state index contributed by atoms with van der Waals surface area (Å²) in [4.78, 5) is 4.75. The highest BCUT2D eigenvalue weighted by molar-refractivity contribution is 7.89. The van der Waals surface area contributed by atoms with Crippen LogP contribution in [0, 0.1) is 5.92 Å². The number of hydrogen-bond acceptors (Lipinski definition) is 8. The molecule has 180 valence electrons. The average Bonchev–Trinajstić information content (AvgIpc) is 3.54. The van der Waals surface area contributed by atoms with E-state index in [1.54, 1.807) is 6.20 Å². The van der Waals surface area contributed by atoms with E-state index in [4.69, 9.17) is 10.9 Å². The topological polar surface area (TPSA) is 166 Å². The Labute approximate surface area is 199 Å². The molecule has 2 fully saturated rings. The number of pyridine rings is 1. The second-order valence-electron chi connectivity index (χ2n) is 9.42. The van der Waals surface area contributed by atoms with Crippen molar-refractivity contribution in [2.24, 2.45) is 16.8 Å². The van der Waals surface area contributed by atoms with Crippen molar-refractivity contribution in [2.45, 2.75) is 55.4 Å². The standard InChI is InChI=1S/C23H30N8O2S/c24-18-5-1-14(2-6-18)11-15-3-7-19(16-4-8-20(27-13-16)17-9-10-26-12-17)21(22(15)34(25,32)33)23-28-30-31-29-23/h3-4,7-8,13-14,17-18,26H,1-2,5-6,9-12,24H2,(H2,25,32,33)(H,28,29,30,31)/t14-,17?,18+. The third-order valence-electron chi connectivity index (χ3n) is 7.08. The van der Waals surface area contributed by atoms with Crippen molar-refractivity contribution in [3.63, 3.8) is 0 Å². The van der Waals surface area contributed by atoms with Gasteiger partial charge in [-0.2, -0.15) is 0 Å². The third-order valence-corrected chi connectivity index (χ3v) is 8.12. The van der Waals surface area contributed by atoms with E-state index in [2.05, 4.69) is 30.9 Å². The normalized spacial score (nSPS) is 23.3. The minimum atomic E-state index is -4.07. The van der Waals surface area contributed by atoms with Gasteiger partial charge in [-0.25, -0.2) is 18.7 Å². The van der Waals surface area contributed by atoms with E-state index in [1.807, 2.05) is 24.3 Å². The fraction of sp³-hybridized carbons (Fsp3) is 0.478. The molecule has 34 heavy (non-hydrogen) atoms. The number of aromatic amines is 1. The zero-order valence-corrected chi connectivity index (χ0v) is 19.8. The van der Waals surface area contributed by atoms with E-state index in [1.165, 1.54) is 0 Å². The number of sulfonamides is 1. The van der Waals surface area contributed by atoms with Gasteiger partial charge in [0.1, 0.15) is 0 Å². The number of rotatable bonds is 6. The summed E-state index contributed by atoms with van der Waals surface area (Å²) in [5.74, 6) is 1.00. The van der Waals surface area contributed by atoms with Crippen LogP contribution in [0.4, 0.5) is 0 Å². The van der Waals surface area contributed by atoms with Crippen LogP contribution >= 0.6 is 0 Å². The molecule has 1 aliphatic carbocycles. The molecule has 11 heteroatoms. The predicted octanol–water partition coefficient (Wildman–Crippen LogP) is 1.71. The summed E-state index contributed by atoms with van der Waals surface area (Å²) in [7, 11) is -4.07. The first-order valence-corrected chi connectivity index (χ1v) is 13.3. The Hall–Kier alpha value is -2.73. The quantitative estimate of drug-likeness (QED) is 0.412. The summed E-state index contributed by atoms with van der Waals surface area (Å²) in [6.07, 6.45) is 7.27. The smallest absolute Gasteiger partial charge is 0.239 e. The van der Waals surface area contributed by atoms with Crippen molar-refractivity contribution >= 4 is 10.0 Å². The van der Waals surface area contributed by atoms with Gasteiger partial charge in [-0.1, -0.05) is 18.2 Å². The second-order valence-corrected chi connectivity index (χ2v) is 10.9. The van der Waals surface area contributed by atoms with E-state index < -0.39 is 10.0 Å². The van der Waals surface area contributed by atoms with Crippen molar-refractivity contribution in [3.05, 3.63) is 41.7 Å². The zero-order valence-electron chi connectivity index (χ0n) is 18.9. The Kier molecular flexibility index (Phi) is 6.43. The van der Waals surface area contributed by atoms with E-state index >= 15 is 0 Å². The lowest BCUT2D eigenvalue weighted by Crippen LogP contribution is -2.27. The van der Waals surface area contributed by atoms with Crippen LogP contribution in [0.25, 0.3) is 22.5 Å². The maximum Gasteiger partial charge on any atom is 0.239 e. The Morgan fingerprint density at radius 1 is 1.06 bits per heavy atom. The number of tetrazole rings is 1. The highest BCUT2D eigenvalue weighted by Gasteiger charge is 2.28. The first-order valence-electron chi connectivity index (χ1n) is 11.8. The van der Waals surface area contributed by atoms with Crippen LogP contribution in [0.15, 0.2) is 35.4 Å². The van der Waals surface area contributed by atoms with Crippen molar-refractivity contribution in [3.8, 4) is 22.5 Å². The van der Waals surface area contributed by atoms with E-state index in [9.17, 15) is 8.42 Å². The fourth-order valence-corrected chi connectivity index (χ4v) is 6.28. The number of hydrogen-bond donors (Lipinski definition) is 4. The van der Waals surface area contributed by atoms with Crippen molar-refractivity contribution in [2.75, 3.05) is 13.1 Å². The van der Waals surface area contributed by atoms with Crippen LogP contribution in [0.5, 0.6) is 0 Å². The summed E-state index contributed by atoms with van der Waals surface area (Å²) in [6, 6.07) is 7.99. The van der Waals surface area contributed by atoms with Crippen molar-refractivity contribution < 1.29 is 8.42 Å². The second kappa shape index (κ2) is 9.49. The molecule has 1 saturated carbocycles. The molecule has 1 aromatic carbocycles. The first kappa shape index (κ1) is 23.0. The van der Waals surface area contributed by atoms with Gasteiger partial charge < -0.3 is 11.1 Å². The number of benzene rings is 1. The Morgan fingerprint density at radius 3 is 2.50 bits per heavy atom. The van der Waals surface area contributed by atoms with Gasteiger partial charge in [0, 0.05) is 41.5 Å². The zero-order chi connectivity index (χ0) is 23.7. The molecule has 6 N–H and O–H groups in total. The van der Waals surface area contributed by atoms with Crippen molar-refractivity contribution in [1.29, 1.82) is 0 Å². The van der Waals surface area contributed by atoms with Gasteiger partial charge >= 0.3 is 0 Å². The average molecular weight is 483 g/mol. The number of aromatic nitrogens is 5. The summed E-state index contributed by atoms with van der Waals surface area (Å²) < 4.78 is 25.9. The molecule has 2 aromatic heterocycles. The third kappa shape index (κ3) is 4.74. The molecule has 1 aliphatic heterocycles. The Morgan fingerprint density at radius 2 is 1.88 bits per heavy atom. The predicted molar refractivity (Wildman–Crippen MR) is 128 cm³/mol. The number of nitrogens with one attached hydrogen (secondary N) is 2. The SMILES string of the molecule is NS(=O)(=O)c1c(C[C@H]2CC[C@@H](N)CC2)ccc(-c2ccc(C3CCNC3)nc2)c1-c1nnn[nH]1. The Bertz CT molecular complexity index is 1230. The number of nitrogens with two attached hydrogens (primary N) is 2. The van der Waals surface area contributed by atoms with E-state index in [0.29, 0.717) is 34.9 Å². The number of H-pyrrole nitrogens is 1. The molecule has 5 rings (SSSR count). The summed E-state index contributed by atoms with van der Waals surface area (Å²) in [5, 5.41) is 23.3. The number of nitrogens with zero attached hydrogens (tertiary/aromatic N) is 4. The summed E-state index contributed by atoms with van der Waals surface area (Å²) in [6.45, 7) is 1.90. The highest BCUT2D eigenvalue weighted by atomic mass is 32.2. The van der Waals surface area contributed by atoms with Crippen LogP contribution in [0.1, 0.15) is 49.3 Å². The van der Waals surface area contributed by atoms with Gasteiger partial charge in [0.25, 0.3) is 0 Å².